The van der Waals surface area contributed by atoms with Crippen LogP contribution < -0.4 is 10.6 Å². The molecule has 0 radical (unpaired) electrons. The second-order valence-corrected chi connectivity index (χ2v) is 5.59. The number of rotatable bonds is 2. The minimum Gasteiger partial charge on any atom is -0.326 e. The Labute approximate surface area is 109 Å². The number of benzene rings is 1. The van der Waals surface area contributed by atoms with Gasteiger partial charge in [-0.1, -0.05) is 6.07 Å². The Morgan fingerprint density at radius 2 is 2.11 bits per heavy atom. The molecule has 3 heteroatoms. The largest absolute Gasteiger partial charge is 0.326 e. The first-order valence-corrected chi connectivity index (χ1v) is 6.61. The molecule has 3 nitrogen and oxygen atoms in total. The number of piperidine rings is 1. The van der Waals surface area contributed by atoms with Crippen LogP contribution in [0.25, 0.3) is 0 Å². The zero-order valence-corrected chi connectivity index (χ0v) is 11.5. The zero-order valence-electron chi connectivity index (χ0n) is 11.5. The summed E-state index contributed by atoms with van der Waals surface area (Å²) in [7, 11) is 0. The van der Waals surface area contributed by atoms with E-state index in [0.717, 1.165) is 31.6 Å². The topological polar surface area (TPSA) is 41.1 Å². The number of carbonyl (C=O) groups is 1. The van der Waals surface area contributed by atoms with E-state index in [1.54, 1.807) is 0 Å². The molecule has 1 amide bonds. The lowest BCUT2D eigenvalue weighted by molar-refractivity contribution is -0.125. The van der Waals surface area contributed by atoms with Crippen LogP contribution >= 0.6 is 0 Å². The van der Waals surface area contributed by atoms with E-state index in [1.165, 1.54) is 11.1 Å². The van der Waals surface area contributed by atoms with E-state index in [-0.39, 0.29) is 11.3 Å². The van der Waals surface area contributed by atoms with Crippen molar-refractivity contribution >= 4 is 11.6 Å². The Morgan fingerprint density at radius 3 is 2.72 bits per heavy atom. The lowest BCUT2D eigenvalue weighted by Crippen LogP contribution is -2.46. The highest BCUT2D eigenvalue weighted by Gasteiger charge is 2.34. The molecule has 1 aromatic carbocycles. The maximum absolute atomic E-state index is 12.3. The summed E-state index contributed by atoms with van der Waals surface area (Å²) in [4.78, 5) is 12.3. The van der Waals surface area contributed by atoms with Crippen molar-refractivity contribution in [1.82, 2.24) is 5.32 Å². The first-order valence-electron chi connectivity index (χ1n) is 6.61. The minimum atomic E-state index is -0.281. The predicted octanol–water partition coefficient (Wildman–Crippen LogP) is 2.63. The van der Waals surface area contributed by atoms with Gasteiger partial charge in [0, 0.05) is 12.2 Å². The van der Waals surface area contributed by atoms with Crippen LogP contribution in [-0.4, -0.2) is 19.0 Å². The van der Waals surface area contributed by atoms with Crippen molar-refractivity contribution in [1.29, 1.82) is 0 Å². The first kappa shape index (κ1) is 13.1. The molecule has 1 aliphatic heterocycles. The van der Waals surface area contributed by atoms with Gasteiger partial charge < -0.3 is 10.6 Å². The Hall–Kier alpha value is -1.35. The molecule has 0 aliphatic carbocycles. The van der Waals surface area contributed by atoms with Gasteiger partial charge in [0.1, 0.15) is 0 Å². The number of carbonyl (C=O) groups excluding carboxylic acids is 1. The summed E-state index contributed by atoms with van der Waals surface area (Å²) < 4.78 is 0. The molecule has 0 aromatic heterocycles. The molecular formula is C15H22N2O. The summed E-state index contributed by atoms with van der Waals surface area (Å²) in [5.41, 5.74) is 3.07. The number of amides is 1. The summed E-state index contributed by atoms with van der Waals surface area (Å²) >= 11 is 0. The van der Waals surface area contributed by atoms with E-state index in [0.29, 0.717) is 0 Å². The van der Waals surface area contributed by atoms with Gasteiger partial charge in [-0.15, -0.1) is 0 Å². The van der Waals surface area contributed by atoms with Gasteiger partial charge in [0.25, 0.3) is 0 Å². The van der Waals surface area contributed by atoms with Crippen LogP contribution in [0.3, 0.4) is 0 Å². The van der Waals surface area contributed by atoms with Gasteiger partial charge in [-0.3, -0.25) is 4.79 Å². The van der Waals surface area contributed by atoms with Crippen molar-refractivity contribution in [3.63, 3.8) is 0 Å². The molecule has 18 heavy (non-hydrogen) atoms. The molecule has 1 atom stereocenters. The van der Waals surface area contributed by atoms with Crippen molar-refractivity contribution in [2.45, 2.75) is 33.6 Å². The highest BCUT2D eigenvalue weighted by atomic mass is 16.2. The van der Waals surface area contributed by atoms with Crippen molar-refractivity contribution in [2.24, 2.45) is 5.41 Å². The van der Waals surface area contributed by atoms with Crippen LogP contribution in [0.2, 0.25) is 0 Å². The summed E-state index contributed by atoms with van der Waals surface area (Å²) in [5.74, 6) is 0.123. The lowest BCUT2D eigenvalue weighted by Gasteiger charge is -2.32. The van der Waals surface area contributed by atoms with Crippen LogP contribution in [0.4, 0.5) is 5.69 Å². The van der Waals surface area contributed by atoms with E-state index in [4.69, 9.17) is 0 Å². The van der Waals surface area contributed by atoms with Crippen LogP contribution in [0.1, 0.15) is 30.9 Å². The average Bonchev–Trinajstić information content (AvgIpc) is 2.35. The summed E-state index contributed by atoms with van der Waals surface area (Å²) in [6.45, 7) is 7.97. The van der Waals surface area contributed by atoms with Crippen molar-refractivity contribution < 1.29 is 4.79 Å². The second-order valence-electron chi connectivity index (χ2n) is 5.59. The van der Waals surface area contributed by atoms with Crippen LogP contribution in [0.15, 0.2) is 18.2 Å². The number of anilines is 1. The number of nitrogens with one attached hydrogen (secondary N) is 2. The van der Waals surface area contributed by atoms with E-state index >= 15 is 0 Å². The molecule has 2 rings (SSSR count). The number of hydrogen-bond acceptors (Lipinski definition) is 2. The van der Waals surface area contributed by atoms with Gasteiger partial charge in [0.15, 0.2) is 0 Å². The van der Waals surface area contributed by atoms with Crippen LogP contribution in [0, 0.1) is 19.3 Å². The highest BCUT2D eigenvalue weighted by Crippen LogP contribution is 2.27. The fraction of sp³-hybridized carbons (Fsp3) is 0.533. The number of aryl methyl sites for hydroxylation is 2. The van der Waals surface area contributed by atoms with Crippen molar-refractivity contribution in [2.75, 3.05) is 18.4 Å². The van der Waals surface area contributed by atoms with E-state index in [2.05, 4.69) is 24.5 Å². The molecule has 1 unspecified atom stereocenters. The molecule has 1 fully saturated rings. The van der Waals surface area contributed by atoms with Gasteiger partial charge in [-0.25, -0.2) is 0 Å². The first-order chi connectivity index (χ1) is 8.51. The summed E-state index contributed by atoms with van der Waals surface area (Å²) in [6.07, 6.45) is 2.02. The van der Waals surface area contributed by atoms with E-state index < -0.39 is 0 Å². The van der Waals surface area contributed by atoms with E-state index in [1.807, 2.05) is 25.1 Å². The average molecular weight is 246 g/mol. The molecule has 0 saturated carbocycles. The zero-order chi connectivity index (χ0) is 13.2. The Kier molecular flexibility index (Phi) is 3.71. The lowest BCUT2D eigenvalue weighted by atomic mass is 9.82. The third-order valence-electron chi connectivity index (χ3n) is 3.91. The quantitative estimate of drug-likeness (QED) is 0.842. The smallest absolute Gasteiger partial charge is 0.231 e. The summed E-state index contributed by atoms with van der Waals surface area (Å²) in [5, 5.41) is 6.34. The molecule has 0 bridgehead atoms. The SMILES string of the molecule is Cc1ccc(NC(=O)C2(C)CCCNC2)cc1C. The molecule has 1 saturated heterocycles. The summed E-state index contributed by atoms with van der Waals surface area (Å²) in [6, 6.07) is 6.05. The Balaban J connectivity index is 2.08. The monoisotopic (exact) mass is 246 g/mol. The fourth-order valence-corrected chi connectivity index (χ4v) is 2.35. The Bertz CT molecular complexity index is 448. The van der Waals surface area contributed by atoms with Gasteiger partial charge in [-0.2, -0.15) is 0 Å². The van der Waals surface area contributed by atoms with Gasteiger partial charge in [0.2, 0.25) is 5.91 Å². The Morgan fingerprint density at radius 1 is 1.33 bits per heavy atom. The van der Waals surface area contributed by atoms with Crippen molar-refractivity contribution in [3.05, 3.63) is 29.3 Å². The predicted molar refractivity (Wildman–Crippen MR) is 74.8 cm³/mol. The van der Waals surface area contributed by atoms with Gasteiger partial charge in [0.05, 0.1) is 5.41 Å². The van der Waals surface area contributed by atoms with Gasteiger partial charge in [-0.05, 0) is 63.4 Å². The third-order valence-corrected chi connectivity index (χ3v) is 3.91. The standard InChI is InChI=1S/C15H22N2O/c1-11-5-6-13(9-12(11)2)17-14(18)15(3)7-4-8-16-10-15/h5-6,9,16H,4,7-8,10H2,1-3H3,(H,17,18). The molecular weight excluding hydrogens is 224 g/mol. The van der Waals surface area contributed by atoms with E-state index in [9.17, 15) is 4.79 Å². The normalized spacial score (nSPS) is 23.7. The van der Waals surface area contributed by atoms with Gasteiger partial charge >= 0.3 is 0 Å². The molecule has 98 valence electrons. The molecule has 1 heterocycles. The van der Waals surface area contributed by atoms with Crippen LogP contribution in [-0.2, 0) is 4.79 Å². The number of hydrogen-bond donors (Lipinski definition) is 2. The maximum Gasteiger partial charge on any atom is 0.231 e. The van der Waals surface area contributed by atoms with Crippen LogP contribution in [0.5, 0.6) is 0 Å². The maximum atomic E-state index is 12.3. The highest BCUT2D eigenvalue weighted by molar-refractivity contribution is 5.95. The molecule has 2 N–H and O–H groups in total. The third kappa shape index (κ3) is 2.72. The minimum absolute atomic E-state index is 0.123. The second kappa shape index (κ2) is 5.11. The van der Waals surface area contributed by atoms with Crippen molar-refractivity contribution in [3.8, 4) is 0 Å². The fourth-order valence-electron chi connectivity index (χ4n) is 2.35. The molecule has 1 aliphatic rings. The molecule has 1 aromatic rings. The molecule has 0 spiro atoms.